The van der Waals surface area contributed by atoms with E-state index < -0.39 is 5.97 Å². The number of aromatic carboxylic acids is 1. The molecule has 0 radical (unpaired) electrons. The van der Waals surface area contributed by atoms with Gasteiger partial charge in [0.1, 0.15) is 0 Å². The van der Waals surface area contributed by atoms with Crippen LogP contribution in [0.15, 0.2) is 18.2 Å². The normalized spacial score (nSPS) is 12.1. The quantitative estimate of drug-likeness (QED) is 0.888. The fraction of sp³-hybridized carbons (Fsp3) is 0.467. The van der Waals surface area contributed by atoms with Gasteiger partial charge in [0.2, 0.25) is 0 Å². The number of benzene rings is 1. The lowest BCUT2D eigenvalue weighted by molar-refractivity contribution is 0.0697. The fourth-order valence-electron chi connectivity index (χ4n) is 1.77. The zero-order valence-electron chi connectivity index (χ0n) is 12.6. The Kier molecular flexibility index (Phi) is 5.13. The Bertz CT molecular complexity index is 512. The minimum absolute atomic E-state index is 0.119. The molecule has 0 heterocycles. The van der Waals surface area contributed by atoms with E-state index in [4.69, 9.17) is 5.11 Å². The Balaban J connectivity index is 2.83. The third-order valence-electron chi connectivity index (χ3n) is 3.61. The highest BCUT2D eigenvalue weighted by molar-refractivity contribution is 5.92. The third-order valence-corrected chi connectivity index (χ3v) is 3.61. The van der Waals surface area contributed by atoms with E-state index in [9.17, 15) is 9.59 Å². The first-order chi connectivity index (χ1) is 9.23. The SMILES string of the molecule is Cc1cc(C(=O)O)ccc1NC(=O)N(C)C(C)C(C)C. The lowest BCUT2D eigenvalue weighted by Crippen LogP contribution is -2.41. The Morgan fingerprint density at radius 2 is 1.85 bits per heavy atom. The second-order valence-corrected chi connectivity index (χ2v) is 5.36. The van der Waals surface area contributed by atoms with Gasteiger partial charge >= 0.3 is 12.0 Å². The fourth-order valence-corrected chi connectivity index (χ4v) is 1.77. The second kappa shape index (κ2) is 6.41. The van der Waals surface area contributed by atoms with E-state index in [2.05, 4.69) is 19.2 Å². The largest absolute Gasteiger partial charge is 0.478 e. The standard InChI is InChI=1S/C15H22N2O3/c1-9(2)11(4)17(5)15(20)16-13-7-6-12(14(18)19)8-10(13)3/h6-9,11H,1-5H3,(H,16,20)(H,18,19). The van der Waals surface area contributed by atoms with Crippen LogP contribution in [0.3, 0.4) is 0 Å². The molecule has 5 nitrogen and oxygen atoms in total. The number of carboxylic acid groups (broad SMARTS) is 1. The first kappa shape index (κ1) is 16.0. The van der Waals surface area contributed by atoms with Gasteiger partial charge in [0.25, 0.3) is 0 Å². The van der Waals surface area contributed by atoms with Crippen LogP contribution >= 0.6 is 0 Å². The van der Waals surface area contributed by atoms with E-state index in [-0.39, 0.29) is 17.6 Å². The minimum Gasteiger partial charge on any atom is -0.478 e. The molecule has 0 fully saturated rings. The van der Waals surface area contributed by atoms with E-state index in [1.165, 1.54) is 6.07 Å². The molecule has 0 aliphatic carbocycles. The topological polar surface area (TPSA) is 69.6 Å². The van der Waals surface area contributed by atoms with Crippen molar-refractivity contribution in [2.45, 2.75) is 33.7 Å². The lowest BCUT2D eigenvalue weighted by Gasteiger charge is -2.28. The van der Waals surface area contributed by atoms with Gasteiger partial charge in [-0.05, 0) is 43.5 Å². The maximum Gasteiger partial charge on any atom is 0.335 e. The smallest absolute Gasteiger partial charge is 0.335 e. The molecule has 0 saturated carbocycles. The van der Waals surface area contributed by atoms with Crippen molar-refractivity contribution in [3.05, 3.63) is 29.3 Å². The number of urea groups is 1. The van der Waals surface area contributed by atoms with Crippen molar-refractivity contribution in [1.29, 1.82) is 0 Å². The molecule has 110 valence electrons. The van der Waals surface area contributed by atoms with Crippen LogP contribution in [-0.2, 0) is 0 Å². The van der Waals surface area contributed by atoms with E-state index in [1.54, 1.807) is 31.0 Å². The average Bonchev–Trinajstić information content (AvgIpc) is 2.38. The number of carbonyl (C=O) groups excluding carboxylic acids is 1. The summed E-state index contributed by atoms with van der Waals surface area (Å²) in [5.74, 6) is -0.613. The summed E-state index contributed by atoms with van der Waals surface area (Å²) in [5, 5.41) is 11.7. The van der Waals surface area contributed by atoms with E-state index in [1.807, 2.05) is 6.92 Å². The molecule has 0 bridgehead atoms. The molecule has 1 unspecified atom stereocenters. The predicted molar refractivity (Wildman–Crippen MR) is 79.2 cm³/mol. The number of hydrogen-bond acceptors (Lipinski definition) is 2. The molecule has 0 spiro atoms. The summed E-state index contributed by atoms with van der Waals surface area (Å²) in [6.07, 6.45) is 0. The number of aryl methyl sites for hydroxylation is 1. The third kappa shape index (κ3) is 3.73. The van der Waals surface area contributed by atoms with Gasteiger partial charge in [-0.1, -0.05) is 13.8 Å². The number of rotatable bonds is 4. The molecular formula is C15H22N2O3. The van der Waals surface area contributed by atoms with E-state index in [0.29, 0.717) is 11.6 Å². The second-order valence-electron chi connectivity index (χ2n) is 5.36. The summed E-state index contributed by atoms with van der Waals surface area (Å²) in [6.45, 7) is 7.88. The van der Waals surface area contributed by atoms with Crippen molar-refractivity contribution in [1.82, 2.24) is 4.90 Å². The van der Waals surface area contributed by atoms with Gasteiger partial charge in [-0.3, -0.25) is 0 Å². The first-order valence-electron chi connectivity index (χ1n) is 6.61. The lowest BCUT2D eigenvalue weighted by atomic mass is 10.1. The molecule has 1 rings (SSSR count). The number of hydrogen-bond donors (Lipinski definition) is 2. The van der Waals surface area contributed by atoms with Crippen molar-refractivity contribution in [2.24, 2.45) is 5.92 Å². The van der Waals surface area contributed by atoms with Crippen LogP contribution in [0.5, 0.6) is 0 Å². The highest BCUT2D eigenvalue weighted by Crippen LogP contribution is 2.18. The van der Waals surface area contributed by atoms with Gasteiger partial charge in [-0.25, -0.2) is 9.59 Å². The van der Waals surface area contributed by atoms with Crippen molar-refractivity contribution in [3.63, 3.8) is 0 Å². The summed E-state index contributed by atoms with van der Waals surface area (Å²) >= 11 is 0. The minimum atomic E-state index is -0.975. The van der Waals surface area contributed by atoms with Gasteiger partial charge in [0.05, 0.1) is 5.56 Å². The molecule has 1 aromatic carbocycles. The number of nitrogens with one attached hydrogen (secondary N) is 1. The average molecular weight is 278 g/mol. The Morgan fingerprint density at radius 1 is 1.25 bits per heavy atom. The zero-order valence-corrected chi connectivity index (χ0v) is 12.6. The molecule has 1 aromatic rings. The number of amides is 2. The van der Waals surface area contributed by atoms with Gasteiger partial charge in [-0.15, -0.1) is 0 Å². The number of nitrogens with zero attached hydrogens (tertiary/aromatic N) is 1. The van der Waals surface area contributed by atoms with Crippen LogP contribution in [-0.4, -0.2) is 35.1 Å². The summed E-state index contributed by atoms with van der Waals surface area (Å²) in [4.78, 5) is 24.6. The first-order valence-corrected chi connectivity index (χ1v) is 6.61. The van der Waals surface area contributed by atoms with Crippen molar-refractivity contribution >= 4 is 17.7 Å². The molecule has 0 aliphatic rings. The van der Waals surface area contributed by atoms with Crippen LogP contribution in [0.4, 0.5) is 10.5 Å². The van der Waals surface area contributed by atoms with Gasteiger partial charge in [0.15, 0.2) is 0 Å². The van der Waals surface area contributed by atoms with Crippen molar-refractivity contribution in [3.8, 4) is 0 Å². The van der Waals surface area contributed by atoms with Crippen LogP contribution in [0.2, 0.25) is 0 Å². The summed E-state index contributed by atoms with van der Waals surface area (Å²) in [7, 11) is 1.75. The zero-order chi connectivity index (χ0) is 15.4. The number of anilines is 1. The maximum atomic E-state index is 12.1. The van der Waals surface area contributed by atoms with Crippen molar-refractivity contribution in [2.75, 3.05) is 12.4 Å². The molecule has 20 heavy (non-hydrogen) atoms. The number of carbonyl (C=O) groups is 2. The van der Waals surface area contributed by atoms with Gasteiger partial charge in [0, 0.05) is 18.8 Å². The highest BCUT2D eigenvalue weighted by atomic mass is 16.4. The molecule has 2 amide bonds. The van der Waals surface area contributed by atoms with Crippen LogP contribution < -0.4 is 5.32 Å². The van der Waals surface area contributed by atoms with E-state index in [0.717, 1.165) is 5.56 Å². The summed E-state index contributed by atoms with van der Waals surface area (Å²) in [5.41, 5.74) is 1.57. The summed E-state index contributed by atoms with van der Waals surface area (Å²) < 4.78 is 0. The van der Waals surface area contributed by atoms with Crippen LogP contribution in [0.1, 0.15) is 36.7 Å². The number of carboxylic acids is 1. The Hall–Kier alpha value is -2.04. The summed E-state index contributed by atoms with van der Waals surface area (Å²) in [6, 6.07) is 4.57. The highest BCUT2D eigenvalue weighted by Gasteiger charge is 2.19. The van der Waals surface area contributed by atoms with Gasteiger partial charge in [-0.2, -0.15) is 0 Å². The molecule has 5 heteroatoms. The molecular weight excluding hydrogens is 256 g/mol. The van der Waals surface area contributed by atoms with Crippen LogP contribution in [0.25, 0.3) is 0 Å². The van der Waals surface area contributed by atoms with E-state index >= 15 is 0 Å². The van der Waals surface area contributed by atoms with Crippen LogP contribution in [0, 0.1) is 12.8 Å². The molecule has 2 N–H and O–H groups in total. The Morgan fingerprint density at radius 3 is 2.30 bits per heavy atom. The monoisotopic (exact) mass is 278 g/mol. The molecule has 1 atom stereocenters. The molecule has 0 saturated heterocycles. The Labute approximate surface area is 119 Å². The molecule has 0 aliphatic heterocycles. The van der Waals surface area contributed by atoms with Gasteiger partial charge < -0.3 is 15.3 Å². The molecule has 0 aromatic heterocycles. The maximum absolute atomic E-state index is 12.1. The predicted octanol–water partition coefficient (Wildman–Crippen LogP) is 3.20. The van der Waals surface area contributed by atoms with Crippen molar-refractivity contribution < 1.29 is 14.7 Å².